The molecule has 1 aromatic heterocycles. The van der Waals surface area contributed by atoms with Gasteiger partial charge in [0.2, 0.25) is 0 Å². The fourth-order valence-electron chi connectivity index (χ4n) is 5.44. The maximum absolute atomic E-state index is 12.8. The van der Waals surface area contributed by atoms with Crippen LogP contribution in [0.2, 0.25) is 0 Å². The third-order valence-corrected chi connectivity index (χ3v) is 7.70. The highest BCUT2D eigenvalue weighted by Crippen LogP contribution is 2.36. The fourth-order valence-corrected chi connectivity index (χ4v) is 5.44. The molecule has 1 saturated carbocycles. The molecular formula is C28H39N7O5. The predicted molar refractivity (Wildman–Crippen MR) is 151 cm³/mol. The van der Waals surface area contributed by atoms with Crippen LogP contribution in [0.3, 0.4) is 0 Å². The lowest BCUT2D eigenvalue weighted by molar-refractivity contribution is -0.121. The van der Waals surface area contributed by atoms with E-state index in [-0.39, 0.29) is 36.2 Å². The molecule has 5 N–H and O–H groups in total. The molecule has 1 saturated heterocycles. The van der Waals surface area contributed by atoms with E-state index in [4.69, 9.17) is 20.2 Å². The second kappa shape index (κ2) is 12.8. The number of fused-ring (bicyclic) bond motifs is 1. The van der Waals surface area contributed by atoms with Crippen molar-refractivity contribution >= 4 is 34.8 Å². The number of hydrogen-bond acceptors (Lipinski definition) is 10. The van der Waals surface area contributed by atoms with Crippen molar-refractivity contribution in [2.24, 2.45) is 5.73 Å². The largest absolute Gasteiger partial charge is 0.482 e. The van der Waals surface area contributed by atoms with Crippen molar-refractivity contribution in [3.05, 3.63) is 29.6 Å². The first-order valence-electron chi connectivity index (χ1n) is 14.2. The van der Waals surface area contributed by atoms with Gasteiger partial charge in [-0.25, -0.2) is 9.97 Å². The van der Waals surface area contributed by atoms with Crippen molar-refractivity contribution in [2.75, 3.05) is 61.5 Å². The molecule has 0 unspecified atom stereocenters. The number of aliphatic hydroxyl groups is 1. The van der Waals surface area contributed by atoms with Gasteiger partial charge in [-0.15, -0.1) is 0 Å². The van der Waals surface area contributed by atoms with Crippen LogP contribution in [-0.2, 0) is 16.0 Å². The number of nitrogens with two attached hydrogens (primary N) is 1. The Morgan fingerprint density at radius 3 is 2.62 bits per heavy atom. The number of carbonyl (C=O) groups is 2. The Labute approximate surface area is 234 Å². The van der Waals surface area contributed by atoms with Crippen LogP contribution in [0, 0.1) is 0 Å². The summed E-state index contributed by atoms with van der Waals surface area (Å²) >= 11 is 0. The molecule has 1 aromatic carbocycles. The number of carbonyl (C=O) groups excluding carboxylic acids is 2. The van der Waals surface area contributed by atoms with Gasteiger partial charge < -0.3 is 35.8 Å². The molecule has 3 heterocycles. The molecule has 0 atom stereocenters. The molecule has 0 radical (unpaired) electrons. The Bertz CT molecular complexity index is 1210. The van der Waals surface area contributed by atoms with E-state index in [0.717, 1.165) is 65.0 Å². The van der Waals surface area contributed by atoms with Crippen molar-refractivity contribution in [3.63, 3.8) is 0 Å². The Morgan fingerprint density at radius 2 is 1.90 bits per heavy atom. The van der Waals surface area contributed by atoms with Gasteiger partial charge in [-0.05, 0) is 56.7 Å². The summed E-state index contributed by atoms with van der Waals surface area (Å²) < 4.78 is 11.1. The molecule has 0 spiro atoms. The lowest BCUT2D eigenvalue weighted by atomic mass is 9.93. The van der Waals surface area contributed by atoms with E-state index in [2.05, 4.69) is 20.5 Å². The number of anilines is 4. The quantitative estimate of drug-likeness (QED) is 0.343. The molecule has 40 heavy (non-hydrogen) atoms. The molecule has 0 bridgehead atoms. The monoisotopic (exact) mass is 553 g/mol. The zero-order valence-electron chi connectivity index (χ0n) is 23.0. The standard InChI is InChI=1S/C28H39N7O5/c1-2-21-27(30-18-4-7-20(36)8-5-18)33-28(25(32-21)26(29)38)31-19-6-9-23-22(16-19)35(24(37)17-40-23)11-3-10-34-12-14-39-15-13-34/h6,9,16,18,20,36H,2-5,7-8,10-15,17H2,1H3,(H2,29,38)(H2,30,31,33). The number of benzene rings is 1. The number of nitrogens with zero attached hydrogens (tertiary/aromatic N) is 4. The van der Waals surface area contributed by atoms with Crippen molar-refractivity contribution in [3.8, 4) is 5.75 Å². The maximum Gasteiger partial charge on any atom is 0.271 e. The summed E-state index contributed by atoms with van der Waals surface area (Å²) in [6.45, 7) is 6.69. The Morgan fingerprint density at radius 1 is 1.12 bits per heavy atom. The van der Waals surface area contributed by atoms with Crippen molar-refractivity contribution < 1.29 is 24.2 Å². The molecular weight excluding hydrogens is 514 g/mol. The third-order valence-electron chi connectivity index (χ3n) is 7.70. The topological polar surface area (TPSA) is 155 Å². The molecule has 12 nitrogen and oxygen atoms in total. The van der Waals surface area contributed by atoms with Crippen LogP contribution in [-0.4, -0.2) is 89.9 Å². The number of aryl methyl sites for hydroxylation is 1. The summed E-state index contributed by atoms with van der Waals surface area (Å²) in [6.07, 6.45) is 4.25. The second-order valence-corrected chi connectivity index (χ2v) is 10.5. The lowest BCUT2D eigenvalue weighted by Crippen LogP contribution is -2.42. The highest BCUT2D eigenvalue weighted by molar-refractivity contribution is 5.99. The Hall–Kier alpha value is -3.48. The minimum absolute atomic E-state index is 0.000330. The van der Waals surface area contributed by atoms with Crippen LogP contribution < -0.4 is 26.0 Å². The van der Waals surface area contributed by atoms with E-state index in [1.807, 2.05) is 25.1 Å². The number of aliphatic hydroxyl groups excluding tert-OH is 1. The second-order valence-electron chi connectivity index (χ2n) is 10.5. The molecule has 2 aliphatic heterocycles. The molecule has 2 amide bonds. The zero-order chi connectivity index (χ0) is 28.1. The highest BCUT2D eigenvalue weighted by atomic mass is 16.5. The number of aromatic nitrogens is 2. The van der Waals surface area contributed by atoms with Crippen LogP contribution in [0.15, 0.2) is 18.2 Å². The summed E-state index contributed by atoms with van der Waals surface area (Å²) in [5.41, 5.74) is 7.69. The van der Waals surface area contributed by atoms with Gasteiger partial charge in [0.1, 0.15) is 11.6 Å². The van der Waals surface area contributed by atoms with Gasteiger partial charge in [0.15, 0.2) is 18.1 Å². The number of amides is 2. The summed E-state index contributed by atoms with van der Waals surface area (Å²) in [5, 5.41) is 16.5. The normalized spacial score (nSPS) is 21.4. The predicted octanol–water partition coefficient (Wildman–Crippen LogP) is 2.04. The van der Waals surface area contributed by atoms with Gasteiger partial charge in [0, 0.05) is 37.9 Å². The first-order chi connectivity index (χ1) is 19.4. The molecule has 3 aliphatic rings. The number of ether oxygens (including phenoxy) is 2. The molecule has 1 aliphatic carbocycles. The maximum atomic E-state index is 12.8. The molecule has 2 fully saturated rings. The lowest BCUT2D eigenvalue weighted by Gasteiger charge is -2.31. The minimum Gasteiger partial charge on any atom is -0.482 e. The fraction of sp³-hybridized carbons (Fsp3) is 0.571. The van der Waals surface area contributed by atoms with Gasteiger partial charge in [-0.2, -0.15) is 0 Å². The van der Waals surface area contributed by atoms with Crippen molar-refractivity contribution in [2.45, 2.75) is 57.6 Å². The van der Waals surface area contributed by atoms with Gasteiger partial charge >= 0.3 is 0 Å². The van der Waals surface area contributed by atoms with E-state index in [9.17, 15) is 14.7 Å². The van der Waals surface area contributed by atoms with E-state index in [0.29, 0.717) is 41.6 Å². The third kappa shape index (κ3) is 6.62. The summed E-state index contributed by atoms with van der Waals surface area (Å²) in [5.74, 6) is 0.683. The number of rotatable bonds is 10. The van der Waals surface area contributed by atoms with Gasteiger partial charge in [0.25, 0.3) is 11.8 Å². The van der Waals surface area contributed by atoms with Gasteiger partial charge in [-0.3, -0.25) is 14.5 Å². The highest BCUT2D eigenvalue weighted by Gasteiger charge is 2.27. The molecule has 216 valence electrons. The number of morpholine rings is 1. The van der Waals surface area contributed by atoms with E-state index < -0.39 is 5.91 Å². The SMILES string of the molecule is CCc1nc(C(N)=O)c(Nc2ccc3c(c2)N(CCCN2CCOCC2)C(=O)CO3)nc1NC1CCC(O)CC1. The zero-order valence-corrected chi connectivity index (χ0v) is 23.0. The summed E-state index contributed by atoms with van der Waals surface area (Å²) in [4.78, 5) is 38.6. The Balaban J connectivity index is 1.36. The molecule has 2 aromatic rings. The van der Waals surface area contributed by atoms with E-state index in [1.54, 1.807) is 4.90 Å². The van der Waals surface area contributed by atoms with Crippen molar-refractivity contribution in [1.29, 1.82) is 0 Å². The van der Waals surface area contributed by atoms with Crippen LogP contribution >= 0.6 is 0 Å². The smallest absolute Gasteiger partial charge is 0.271 e. The summed E-state index contributed by atoms with van der Waals surface area (Å²) in [6, 6.07) is 5.62. The molecule has 5 rings (SSSR count). The van der Waals surface area contributed by atoms with Crippen LogP contribution in [0.1, 0.15) is 55.2 Å². The van der Waals surface area contributed by atoms with Crippen LogP contribution in [0.5, 0.6) is 5.75 Å². The van der Waals surface area contributed by atoms with E-state index in [1.165, 1.54) is 0 Å². The number of nitrogens with one attached hydrogen (secondary N) is 2. The summed E-state index contributed by atoms with van der Waals surface area (Å²) in [7, 11) is 0. The van der Waals surface area contributed by atoms with E-state index >= 15 is 0 Å². The number of primary amides is 1. The van der Waals surface area contributed by atoms with Crippen LogP contribution in [0.25, 0.3) is 0 Å². The average Bonchev–Trinajstić information content (AvgIpc) is 2.96. The first kappa shape index (κ1) is 28.1. The molecule has 12 heteroatoms. The minimum atomic E-state index is -0.682. The average molecular weight is 554 g/mol. The first-order valence-corrected chi connectivity index (χ1v) is 14.2. The van der Waals surface area contributed by atoms with Gasteiger partial charge in [0.05, 0.1) is 30.7 Å². The van der Waals surface area contributed by atoms with Crippen molar-refractivity contribution in [1.82, 2.24) is 14.9 Å². The van der Waals surface area contributed by atoms with Crippen LogP contribution in [0.4, 0.5) is 23.0 Å². The van der Waals surface area contributed by atoms with Gasteiger partial charge in [-0.1, -0.05) is 6.92 Å². The number of hydrogen-bond donors (Lipinski definition) is 4. The Kier molecular flexibility index (Phi) is 8.98.